The van der Waals surface area contributed by atoms with Crippen LogP contribution in [0.2, 0.25) is 0 Å². The van der Waals surface area contributed by atoms with E-state index in [1.165, 1.54) is 32.1 Å². The van der Waals surface area contributed by atoms with Gasteiger partial charge in [0, 0.05) is 19.5 Å². The molecule has 2 N–H and O–H groups in total. The zero-order chi connectivity index (χ0) is 17.9. The monoisotopic (exact) mass is 342 g/mol. The van der Waals surface area contributed by atoms with Crippen LogP contribution >= 0.6 is 0 Å². The van der Waals surface area contributed by atoms with Gasteiger partial charge in [-0.3, -0.25) is 4.79 Å². The van der Waals surface area contributed by atoms with Crippen molar-refractivity contribution in [2.75, 3.05) is 19.7 Å². The van der Waals surface area contributed by atoms with Crippen LogP contribution in [0.3, 0.4) is 0 Å². The normalized spacial score (nSPS) is 10.4. The minimum absolute atomic E-state index is 0.136. The molecule has 5 nitrogen and oxygen atoms in total. The average Bonchev–Trinajstić information content (AvgIpc) is 2.57. The molecule has 0 saturated heterocycles. The van der Waals surface area contributed by atoms with Crippen LogP contribution in [0.25, 0.3) is 0 Å². The molecule has 0 unspecified atom stereocenters. The Bertz CT molecular complexity index is 279. The summed E-state index contributed by atoms with van der Waals surface area (Å²) in [6.45, 7) is 6.26. The van der Waals surface area contributed by atoms with Gasteiger partial charge in [0.2, 0.25) is 5.91 Å². The zero-order valence-corrected chi connectivity index (χ0v) is 15.8. The van der Waals surface area contributed by atoms with Crippen molar-refractivity contribution in [3.8, 4) is 0 Å². The lowest BCUT2D eigenvalue weighted by molar-refractivity contribution is -0.121. The van der Waals surface area contributed by atoms with Crippen molar-refractivity contribution in [1.82, 2.24) is 10.6 Å². The van der Waals surface area contributed by atoms with Gasteiger partial charge in [-0.25, -0.2) is 4.79 Å². The molecule has 0 spiro atoms. The first kappa shape index (κ1) is 22.7. The SMILES string of the molecule is CCCCCCNC(=O)CCCCCOC(=O)NCCCCCC. The minimum Gasteiger partial charge on any atom is -0.450 e. The maximum absolute atomic E-state index is 11.6. The van der Waals surface area contributed by atoms with Crippen LogP contribution in [0.1, 0.15) is 90.9 Å². The molecule has 0 aromatic heterocycles. The van der Waals surface area contributed by atoms with Crippen molar-refractivity contribution in [3.63, 3.8) is 0 Å². The Morgan fingerprint density at radius 3 is 1.92 bits per heavy atom. The molecule has 0 atom stereocenters. The summed E-state index contributed by atoms with van der Waals surface area (Å²) < 4.78 is 5.11. The fraction of sp³-hybridized carbons (Fsp3) is 0.895. The van der Waals surface area contributed by atoms with E-state index in [4.69, 9.17) is 4.74 Å². The van der Waals surface area contributed by atoms with Crippen molar-refractivity contribution in [3.05, 3.63) is 0 Å². The number of rotatable bonds is 16. The predicted molar refractivity (Wildman–Crippen MR) is 99.1 cm³/mol. The van der Waals surface area contributed by atoms with E-state index < -0.39 is 0 Å². The van der Waals surface area contributed by atoms with Gasteiger partial charge in [-0.1, -0.05) is 52.4 Å². The second-order valence-corrected chi connectivity index (χ2v) is 6.34. The summed E-state index contributed by atoms with van der Waals surface area (Å²) >= 11 is 0. The molecule has 0 saturated carbocycles. The molecule has 24 heavy (non-hydrogen) atoms. The Morgan fingerprint density at radius 1 is 0.708 bits per heavy atom. The van der Waals surface area contributed by atoms with Gasteiger partial charge < -0.3 is 15.4 Å². The molecule has 5 heteroatoms. The number of alkyl carbamates (subject to hydrolysis) is 1. The Hall–Kier alpha value is -1.26. The van der Waals surface area contributed by atoms with Gasteiger partial charge in [-0.2, -0.15) is 0 Å². The van der Waals surface area contributed by atoms with E-state index in [0.29, 0.717) is 19.6 Å². The third-order valence-electron chi connectivity index (χ3n) is 3.93. The maximum Gasteiger partial charge on any atom is 0.407 e. The molecule has 0 aromatic carbocycles. The summed E-state index contributed by atoms with van der Waals surface area (Å²) in [7, 11) is 0. The van der Waals surface area contributed by atoms with Crippen molar-refractivity contribution in [1.29, 1.82) is 0 Å². The van der Waals surface area contributed by atoms with Crippen molar-refractivity contribution < 1.29 is 14.3 Å². The van der Waals surface area contributed by atoms with Gasteiger partial charge in [0.05, 0.1) is 6.61 Å². The largest absolute Gasteiger partial charge is 0.450 e. The summed E-state index contributed by atoms with van der Waals surface area (Å²) in [5.74, 6) is 0.136. The molecule has 0 aliphatic rings. The fourth-order valence-corrected chi connectivity index (χ4v) is 2.39. The molecular weight excluding hydrogens is 304 g/mol. The first-order valence-electron chi connectivity index (χ1n) is 9.88. The van der Waals surface area contributed by atoms with Crippen LogP contribution in [0.4, 0.5) is 4.79 Å². The maximum atomic E-state index is 11.6. The highest BCUT2D eigenvalue weighted by Gasteiger charge is 2.02. The Balaban J connectivity index is 3.28. The Morgan fingerprint density at radius 2 is 1.29 bits per heavy atom. The number of unbranched alkanes of at least 4 members (excludes halogenated alkanes) is 8. The molecule has 0 aromatic rings. The molecule has 0 heterocycles. The highest BCUT2D eigenvalue weighted by Crippen LogP contribution is 2.02. The first-order chi connectivity index (χ1) is 11.7. The lowest BCUT2D eigenvalue weighted by Crippen LogP contribution is -2.25. The summed E-state index contributed by atoms with van der Waals surface area (Å²) in [6, 6.07) is 0. The van der Waals surface area contributed by atoms with Gasteiger partial charge >= 0.3 is 6.09 Å². The van der Waals surface area contributed by atoms with Crippen LogP contribution in [0, 0.1) is 0 Å². The topological polar surface area (TPSA) is 67.4 Å². The van der Waals surface area contributed by atoms with Crippen molar-refractivity contribution in [2.45, 2.75) is 90.9 Å². The summed E-state index contributed by atoms with van der Waals surface area (Å²) in [4.78, 5) is 23.0. The fourth-order valence-electron chi connectivity index (χ4n) is 2.39. The van der Waals surface area contributed by atoms with Crippen LogP contribution < -0.4 is 10.6 Å². The van der Waals surface area contributed by atoms with E-state index in [1.807, 2.05) is 0 Å². The quantitative estimate of drug-likeness (QED) is 0.404. The average molecular weight is 343 g/mol. The van der Waals surface area contributed by atoms with E-state index in [1.54, 1.807) is 0 Å². The molecule has 0 bridgehead atoms. The number of hydrogen-bond donors (Lipinski definition) is 2. The second kappa shape index (κ2) is 18.1. The van der Waals surface area contributed by atoms with Gasteiger partial charge in [0.1, 0.15) is 0 Å². The number of nitrogens with one attached hydrogen (secondary N) is 2. The van der Waals surface area contributed by atoms with Crippen molar-refractivity contribution in [2.24, 2.45) is 0 Å². The molecular formula is C19H38N2O3. The van der Waals surface area contributed by atoms with E-state index in [-0.39, 0.29) is 12.0 Å². The van der Waals surface area contributed by atoms with Gasteiger partial charge in [-0.15, -0.1) is 0 Å². The van der Waals surface area contributed by atoms with Crippen LogP contribution in [0.15, 0.2) is 0 Å². The van der Waals surface area contributed by atoms with Crippen LogP contribution in [-0.2, 0) is 9.53 Å². The van der Waals surface area contributed by atoms with Crippen molar-refractivity contribution >= 4 is 12.0 Å². The number of hydrogen-bond acceptors (Lipinski definition) is 3. The first-order valence-corrected chi connectivity index (χ1v) is 9.88. The molecule has 0 radical (unpaired) electrons. The van der Waals surface area contributed by atoms with Crippen LogP contribution in [-0.4, -0.2) is 31.7 Å². The lowest BCUT2D eigenvalue weighted by atomic mass is 10.2. The second-order valence-electron chi connectivity index (χ2n) is 6.34. The van der Waals surface area contributed by atoms with E-state index in [9.17, 15) is 9.59 Å². The smallest absolute Gasteiger partial charge is 0.407 e. The van der Waals surface area contributed by atoms with Gasteiger partial charge in [0.25, 0.3) is 0 Å². The molecule has 0 fully saturated rings. The number of carbonyl (C=O) groups is 2. The molecule has 2 amide bonds. The Labute approximate surface area is 148 Å². The van der Waals surface area contributed by atoms with E-state index in [2.05, 4.69) is 24.5 Å². The molecule has 142 valence electrons. The highest BCUT2D eigenvalue weighted by molar-refractivity contribution is 5.75. The summed E-state index contributed by atoms with van der Waals surface area (Å²) in [5.41, 5.74) is 0. The molecule has 0 rings (SSSR count). The summed E-state index contributed by atoms with van der Waals surface area (Å²) in [5, 5.41) is 5.72. The number of amides is 2. The third kappa shape index (κ3) is 17.1. The Kier molecular flexibility index (Phi) is 17.1. The van der Waals surface area contributed by atoms with E-state index in [0.717, 1.165) is 45.1 Å². The minimum atomic E-state index is -0.323. The number of ether oxygens (including phenoxy) is 1. The highest BCUT2D eigenvalue weighted by atomic mass is 16.5. The third-order valence-corrected chi connectivity index (χ3v) is 3.93. The molecule has 0 aliphatic carbocycles. The van der Waals surface area contributed by atoms with Gasteiger partial charge in [-0.05, 0) is 32.1 Å². The standard InChI is InChI=1S/C19H38N2O3/c1-3-5-7-11-15-20-18(22)14-10-9-13-17-24-19(23)21-16-12-8-6-4-2/h3-17H2,1-2H3,(H,20,22)(H,21,23). The summed E-state index contributed by atoms with van der Waals surface area (Å²) in [6.07, 6.45) is 12.1. The molecule has 0 aliphatic heterocycles. The number of carbonyl (C=O) groups excluding carboxylic acids is 2. The lowest BCUT2D eigenvalue weighted by Gasteiger charge is -2.07. The predicted octanol–water partition coefficient (Wildman–Crippen LogP) is 4.55. The zero-order valence-electron chi connectivity index (χ0n) is 15.8. The van der Waals surface area contributed by atoms with Crippen LogP contribution in [0.5, 0.6) is 0 Å². The van der Waals surface area contributed by atoms with E-state index >= 15 is 0 Å². The van der Waals surface area contributed by atoms with Gasteiger partial charge in [0.15, 0.2) is 0 Å².